The number of benzene rings is 1. The number of hydrogen-bond donors (Lipinski definition) is 0. The molecular weight excluding hydrogens is 336 g/mol. The van der Waals surface area contributed by atoms with Gasteiger partial charge in [-0.3, -0.25) is 0 Å². The van der Waals surface area contributed by atoms with Crippen LogP contribution in [0.4, 0.5) is 0 Å². The van der Waals surface area contributed by atoms with Crippen LogP contribution >= 0.6 is 15.9 Å². The van der Waals surface area contributed by atoms with Gasteiger partial charge in [-0.1, -0.05) is 28.9 Å². The Balaban J connectivity index is 2.38. The van der Waals surface area contributed by atoms with E-state index in [0.29, 0.717) is 17.4 Å². The van der Waals surface area contributed by atoms with E-state index in [0.717, 1.165) is 30.8 Å². The summed E-state index contributed by atoms with van der Waals surface area (Å²) in [4.78, 5) is 0.166. The Kier molecular flexibility index (Phi) is 5.76. The van der Waals surface area contributed by atoms with Crippen molar-refractivity contribution >= 4 is 15.9 Å². The molecule has 1 fully saturated rings. The van der Waals surface area contributed by atoms with Crippen LogP contribution in [0.15, 0.2) is 12.1 Å². The molecule has 3 atom stereocenters. The molecule has 4 nitrogen and oxygen atoms in total. The highest BCUT2D eigenvalue weighted by Crippen LogP contribution is 2.49. The topological polar surface area (TPSA) is 36.9 Å². The molecule has 3 unspecified atom stereocenters. The van der Waals surface area contributed by atoms with Crippen molar-refractivity contribution in [3.8, 4) is 17.2 Å². The van der Waals surface area contributed by atoms with Crippen LogP contribution in [0, 0.1) is 5.92 Å². The van der Waals surface area contributed by atoms with Crippen molar-refractivity contribution < 1.29 is 18.9 Å². The molecule has 0 radical (unpaired) electrons. The minimum Gasteiger partial charge on any atom is -0.493 e. The number of ether oxygens (including phenoxy) is 4. The molecule has 1 aliphatic heterocycles. The van der Waals surface area contributed by atoms with Crippen LogP contribution in [0.1, 0.15) is 30.2 Å². The minimum atomic E-state index is 0.166. The second kappa shape index (κ2) is 7.36. The van der Waals surface area contributed by atoms with E-state index in [9.17, 15) is 0 Å². The van der Waals surface area contributed by atoms with Crippen LogP contribution in [-0.4, -0.2) is 34.0 Å². The lowest BCUT2D eigenvalue weighted by molar-refractivity contribution is 0.0871. The predicted molar refractivity (Wildman–Crippen MR) is 85.9 cm³/mol. The first-order valence-electron chi connectivity index (χ1n) is 7.22. The third kappa shape index (κ3) is 3.14. The van der Waals surface area contributed by atoms with Crippen LogP contribution in [0.25, 0.3) is 0 Å². The third-order valence-electron chi connectivity index (χ3n) is 4.07. The van der Waals surface area contributed by atoms with E-state index in [4.69, 9.17) is 18.9 Å². The molecule has 0 aromatic heterocycles. The Morgan fingerprint density at radius 1 is 1.19 bits per heavy atom. The molecule has 1 aromatic carbocycles. The molecule has 0 amide bonds. The maximum absolute atomic E-state index is 5.81. The maximum atomic E-state index is 5.81. The first kappa shape index (κ1) is 16.4. The SMILES string of the molecule is CCC1OCCC1C(Br)c1ccc(OC)c(OC)c1OC. The van der Waals surface area contributed by atoms with Gasteiger partial charge in [0, 0.05) is 22.9 Å². The largest absolute Gasteiger partial charge is 0.493 e. The summed E-state index contributed by atoms with van der Waals surface area (Å²) in [5, 5.41) is 0. The fourth-order valence-electron chi connectivity index (χ4n) is 2.99. The lowest BCUT2D eigenvalue weighted by Gasteiger charge is -2.25. The quantitative estimate of drug-likeness (QED) is 0.721. The summed E-state index contributed by atoms with van der Waals surface area (Å²) in [6.45, 7) is 2.98. The summed E-state index contributed by atoms with van der Waals surface area (Å²) in [6.07, 6.45) is 2.35. The molecule has 2 rings (SSSR count). The van der Waals surface area contributed by atoms with E-state index >= 15 is 0 Å². The number of halogens is 1. The summed E-state index contributed by atoms with van der Waals surface area (Å²) >= 11 is 3.84. The summed E-state index contributed by atoms with van der Waals surface area (Å²) in [6, 6.07) is 3.95. The Morgan fingerprint density at radius 3 is 2.48 bits per heavy atom. The standard InChI is InChI=1S/C16H23BrO4/c1-5-12-10(8-9-21-12)14(17)11-6-7-13(18-2)16(20-4)15(11)19-3/h6-7,10,12,14H,5,8-9H2,1-4H3. The van der Waals surface area contributed by atoms with Crippen molar-refractivity contribution in [2.75, 3.05) is 27.9 Å². The van der Waals surface area contributed by atoms with Gasteiger partial charge < -0.3 is 18.9 Å². The van der Waals surface area contributed by atoms with E-state index < -0.39 is 0 Å². The van der Waals surface area contributed by atoms with Crippen LogP contribution in [-0.2, 0) is 4.74 Å². The smallest absolute Gasteiger partial charge is 0.203 e. The van der Waals surface area contributed by atoms with E-state index in [1.165, 1.54) is 0 Å². The summed E-state index contributed by atoms with van der Waals surface area (Å²) < 4.78 is 22.2. The highest BCUT2D eigenvalue weighted by atomic mass is 79.9. The van der Waals surface area contributed by atoms with Crippen molar-refractivity contribution in [1.82, 2.24) is 0 Å². The third-order valence-corrected chi connectivity index (χ3v) is 5.24. The molecular formula is C16H23BrO4. The zero-order valence-electron chi connectivity index (χ0n) is 13.0. The van der Waals surface area contributed by atoms with Gasteiger partial charge in [0.2, 0.25) is 5.75 Å². The van der Waals surface area contributed by atoms with Crippen molar-refractivity contribution in [3.05, 3.63) is 17.7 Å². The first-order chi connectivity index (χ1) is 10.2. The average Bonchev–Trinajstić information content (AvgIpc) is 3.00. The van der Waals surface area contributed by atoms with E-state index in [1.54, 1.807) is 21.3 Å². The molecule has 0 aliphatic carbocycles. The molecule has 0 N–H and O–H groups in total. The first-order valence-corrected chi connectivity index (χ1v) is 8.14. The lowest BCUT2D eigenvalue weighted by Crippen LogP contribution is -2.19. The molecule has 118 valence electrons. The molecule has 5 heteroatoms. The van der Waals surface area contributed by atoms with Gasteiger partial charge in [0.15, 0.2) is 11.5 Å². The number of methoxy groups -OCH3 is 3. The fourth-order valence-corrected chi connectivity index (χ4v) is 3.96. The van der Waals surface area contributed by atoms with Gasteiger partial charge in [0.1, 0.15) is 0 Å². The maximum Gasteiger partial charge on any atom is 0.203 e. The lowest BCUT2D eigenvalue weighted by atomic mass is 9.91. The molecule has 21 heavy (non-hydrogen) atoms. The monoisotopic (exact) mass is 358 g/mol. The fraction of sp³-hybridized carbons (Fsp3) is 0.625. The Hall–Kier alpha value is -0.940. The molecule has 0 spiro atoms. The van der Waals surface area contributed by atoms with Gasteiger partial charge in [0.05, 0.1) is 27.4 Å². The van der Waals surface area contributed by atoms with Gasteiger partial charge in [-0.15, -0.1) is 0 Å². The van der Waals surface area contributed by atoms with Gasteiger partial charge in [-0.25, -0.2) is 0 Å². The normalized spacial score (nSPS) is 22.9. The zero-order chi connectivity index (χ0) is 15.4. The molecule has 1 aliphatic rings. The highest BCUT2D eigenvalue weighted by Gasteiger charge is 2.35. The number of hydrogen-bond acceptors (Lipinski definition) is 4. The van der Waals surface area contributed by atoms with Gasteiger partial charge in [-0.2, -0.15) is 0 Å². The van der Waals surface area contributed by atoms with E-state index in [2.05, 4.69) is 22.9 Å². The number of rotatable bonds is 6. The van der Waals surface area contributed by atoms with Crippen molar-refractivity contribution in [1.29, 1.82) is 0 Å². The summed E-state index contributed by atoms with van der Waals surface area (Å²) in [5.74, 6) is 2.46. The van der Waals surface area contributed by atoms with Crippen molar-refractivity contribution in [2.24, 2.45) is 5.92 Å². The van der Waals surface area contributed by atoms with E-state index in [1.807, 2.05) is 12.1 Å². The molecule has 0 bridgehead atoms. The van der Waals surface area contributed by atoms with Crippen LogP contribution < -0.4 is 14.2 Å². The van der Waals surface area contributed by atoms with Crippen LogP contribution in [0.3, 0.4) is 0 Å². The Bertz CT molecular complexity index is 478. The summed E-state index contributed by atoms with van der Waals surface area (Å²) in [7, 11) is 4.91. The Morgan fingerprint density at radius 2 is 1.90 bits per heavy atom. The van der Waals surface area contributed by atoms with Crippen LogP contribution in [0.2, 0.25) is 0 Å². The minimum absolute atomic E-state index is 0.166. The Labute approximate surface area is 134 Å². The average molecular weight is 359 g/mol. The molecule has 1 heterocycles. The van der Waals surface area contributed by atoms with Gasteiger partial charge >= 0.3 is 0 Å². The zero-order valence-corrected chi connectivity index (χ0v) is 14.6. The second-order valence-corrected chi connectivity index (χ2v) is 6.08. The predicted octanol–water partition coefficient (Wildman–Crippen LogP) is 3.96. The highest BCUT2D eigenvalue weighted by molar-refractivity contribution is 9.09. The van der Waals surface area contributed by atoms with Crippen molar-refractivity contribution in [3.63, 3.8) is 0 Å². The van der Waals surface area contributed by atoms with Crippen LogP contribution in [0.5, 0.6) is 17.2 Å². The molecule has 0 saturated carbocycles. The second-order valence-electron chi connectivity index (χ2n) is 5.10. The number of alkyl halides is 1. The van der Waals surface area contributed by atoms with E-state index in [-0.39, 0.29) is 10.9 Å². The van der Waals surface area contributed by atoms with Crippen molar-refractivity contribution in [2.45, 2.75) is 30.7 Å². The summed E-state index contributed by atoms with van der Waals surface area (Å²) in [5.41, 5.74) is 1.07. The van der Waals surface area contributed by atoms with Gasteiger partial charge in [-0.05, 0) is 18.9 Å². The molecule has 1 saturated heterocycles. The molecule has 1 aromatic rings. The van der Waals surface area contributed by atoms with Gasteiger partial charge in [0.25, 0.3) is 0 Å².